The third-order valence-electron chi connectivity index (χ3n) is 6.79. The number of piperazine rings is 1. The lowest BCUT2D eigenvalue weighted by Gasteiger charge is -2.37. The second-order valence-electron chi connectivity index (χ2n) is 8.94. The minimum Gasteiger partial charge on any atom is -0.466 e. The Morgan fingerprint density at radius 2 is 1.94 bits per heavy atom. The van der Waals surface area contributed by atoms with Gasteiger partial charge >= 0.3 is 5.97 Å². The van der Waals surface area contributed by atoms with Crippen LogP contribution in [0.2, 0.25) is 0 Å². The third-order valence-corrected chi connectivity index (χ3v) is 6.79. The molecule has 2 saturated heterocycles. The molecule has 190 valence electrons. The van der Waals surface area contributed by atoms with E-state index < -0.39 is 5.97 Å². The Morgan fingerprint density at radius 1 is 1.17 bits per heavy atom. The molecule has 0 bridgehead atoms. The SMILES string of the molecule is COC(=O)/C=C/c1[nH]nc2ncc(-c3ccccc3)c(N3CCN(C(=O)C[C@@H]4CCCN4)CC3)c12.Cl. The van der Waals surface area contributed by atoms with Crippen LogP contribution in [0.5, 0.6) is 0 Å². The number of H-pyrrole nitrogens is 1. The number of nitrogens with zero attached hydrogens (tertiary/aromatic N) is 4. The molecule has 0 spiro atoms. The molecule has 1 atom stereocenters. The predicted molar refractivity (Wildman–Crippen MR) is 142 cm³/mol. The topological polar surface area (TPSA) is 103 Å². The average molecular weight is 511 g/mol. The van der Waals surface area contributed by atoms with Crippen LogP contribution in [0.25, 0.3) is 28.2 Å². The molecule has 5 rings (SSSR count). The summed E-state index contributed by atoms with van der Waals surface area (Å²) in [4.78, 5) is 33.5. The second-order valence-corrected chi connectivity index (χ2v) is 8.94. The summed E-state index contributed by atoms with van der Waals surface area (Å²) >= 11 is 0. The Morgan fingerprint density at radius 3 is 2.64 bits per heavy atom. The Kier molecular flexibility index (Phi) is 8.22. The van der Waals surface area contributed by atoms with Crippen molar-refractivity contribution in [1.82, 2.24) is 25.4 Å². The van der Waals surface area contributed by atoms with Gasteiger partial charge in [-0.1, -0.05) is 30.3 Å². The lowest BCUT2D eigenvalue weighted by atomic mass is 10.0. The lowest BCUT2D eigenvalue weighted by Crippen LogP contribution is -2.50. The summed E-state index contributed by atoms with van der Waals surface area (Å²) in [5, 5.41) is 11.7. The number of benzene rings is 1. The van der Waals surface area contributed by atoms with Gasteiger partial charge in [0.15, 0.2) is 5.65 Å². The van der Waals surface area contributed by atoms with E-state index >= 15 is 0 Å². The molecule has 2 aliphatic rings. The smallest absolute Gasteiger partial charge is 0.330 e. The van der Waals surface area contributed by atoms with Crippen LogP contribution in [0.1, 0.15) is 25.0 Å². The molecule has 36 heavy (non-hydrogen) atoms. The van der Waals surface area contributed by atoms with Crippen LogP contribution in [-0.4, -0.2) is 77.8 Å². The number of hydrogen-bond acceptors (Lipinski definition) is 7. The van der Waals surface area contributed by atoms with Crippen molar-refractivity contribution >= 4 is 47.1 Å². The zero-order chi connectivity index (χ0) is 24.2. The maximum Gasteiger partial charge on any atom is 0.330 e. The van der Waals surface area contributed by atoms with Gasteiger partial charge in [-0.3, -0.25) is 9.89 Å². The molecule has 2 aliphatic heterocycles. The Bertz CT molecular complexity index is 1230. The molecular formula is C26H31ClN6O3. The highest BCUT2D eigenvalue weighted by molar-refractivity contribution is 6.03. The minimum atomic E-state index is -0.439. The van der Waals surface area contributed by atoms with E-state index in [9.17, 15) is 9.59 Å². The highest BCUT2D eigenvalue weighted by Crippen LogP contribution is 2.38. The number of ether oxygens (including phenoxy) is 1. The normalized spacial score (nSPS) is 18.0. The number of rotatable bonds is 6. The van der Waals surface area contributed by atoms with Crippen LogP contribution in [0.4, 0.5) is 5.69 Å². The second kappa shape index (κ2) is 11.5. The van der Waals surface area contributed by atoms with Crippen molar-refractivity contribution in [3.8, 4) is 11.1 Å². The van der Waals surface area contributed by atoms with E-state index in [1.165, 1.54) is 13.2 Å². The number of pyridine rings is 1. The van der Waals surface area contributed by atoms with Crippen molar-refractivity contribution in [2.75, 3.05) is 44.7 Å². The van der Waals surface area contributed by atoms with Crippen molar-refractivity contribution in [2.24, 2.45) is 0 Å². The van der Waals surface area contributed by atoms with Gasteiger partial charge in [-0.05, 0) is 31.0 Å². The van der Waals surface area contributed by atoms with Crippen LogP contribution in [0, 0.1) is 0 Å². The van der Waals surface area contributed by atoms with Gasteiger partial charge in [0.25, 0.3) is 0 Å². The molecule has 0 unspecified atom stereocenters. The number of aromatic amines is 1. The number of amides is 1. The highest BCUT2D eigenvalue weighted by atomic mass is 35.5. The number of esters is 1. The minimum absolute atomic E-state index is 0. The number of nitrogens with one attached hydrogen (secondary N) is 2. The number of carbonyl (C=O) groups excluding carboxylic acids is 2. The molecule has 9 nitrogen and oxygen atoms in total. The fourth-order valence-corrected chi connectivity index (χ4v) is 4.94. The summed E-state index contributed by atoms with van der Waals surface area (Å²) < 4.78 is 4.75. The molecule has 3 aromatic rings. The van der Waals surface area contributed by atoms with Crippen molar-refractivity contribution in [3.63, 3.8) is 0 Å². The molecule has 0 aliphatic carbocycles. The third kappa shape index (κ3) is 5.37. The van der Waals surface area contributed by atoms with Gasteiger partial charge in [0.05, 0.1) is 23.9 Å². The van der Waals surface area contributed by atoms with Crippen LogP contribution < -0.4 is 10.2 Å². The maximum atomic E-state index is 12.9. The van der Waals surface area contributed by atoms with Crippen molar-refractivity contribution in [1.29, 1.82) is 0 Å². The monoisotopic (exact) mass is 510 g/mol. The highest BCUT2D eigenvalue weighted by Gasteiger charge is 2.28. The van der Waals surface area contributed by atoms with Gasteiger partial charge in [-0.2, -0.15) is 5.10 Å². The molecule has 1 amide bonds. The molecule has 0 saturated carbocycles. The quantitative estimate of drug-likeness (QED) is 0.388. The average Bonchev–Trinajstić information content (AvgIpc) is 3.57. The van der Waals surface area contributed by atoms with Gasteiger partial charge in [-0.25, -0.2) is 9.78 Å². The van der Waals surface area contributed by atoms with E-state index in [0.717, 1.165) is 41.6 Å². The van der Waals surface area contributed by atoms with Crippen LogP contribution >= 0.6 is 12.4 Å². The van der Waals surface area contributed by atoms with E-state index in [0.29, 0.717) is 50.0 Å². The van der Waals surface area contributed by atoms with Crippen LogP contribution in [0.15, 0.2) is 42.6 Å². The number of carbonyl (C=O) groups is 2. The Labute approximate surface area is 216 Å². The molecule has 2 N–H and O–H groups in total. The first-order chi connectivity index (χ1) is 17.1. The lowest BCUT2D eigenvalue weighted by molar-refractivity contribution is -0.135. The summed E-state index contributed by atoms with van der Waals surface area (Å²) in [5.74, 6) is -0.220. The number of methoxy groups -OCH3 is 1. The molecule has 4 heterocycles. The molecule has 2 aromatic heterocycles. The summed E-state index contributed by atoms with van der Waals surface area (Å²) in [7, 11) is 1.35. The van der Waals surface area contributed by atoms with Gasteiger partial charge in [-0.15, -0.1) is 12.4 Å². The molecule has 0 radical (unpaired) electrons. The molecule has 2 fully saturated rings. The van der Waals surface area contributed by atoms with Crippen molar-refractivity contribution in [3.05, 3.63) is 48.3 Å². The molecule has 10 heteroatoms. The van der Waals surface area contributed by atoms with E-state index in [2.05, 4.69) is 37.5 Å². The largest absolute Gasteiger partial charge is 0.466 e. The first-order valence-electron chi connectivity index (χ1n) is 12.1. The summed E-state index contributed by atoms with van der Waals surface area (Å²) in [6, 6.07) is 10.4. The number of aromatic nitrogens is 3. The standard InChI is InChI=1S/C26H30N6O3.ClH/c1-35-23(34)10-9-21-24-25(20(17-28-26(24)30-29-21)18-6-3-2-4-7-18)32-14-12-31(13-15-32)22(33)16-19-8-5-11-27-19;/h2-4,6-7,9-10,17,19,27H,5,8,11-16H2,1H3,(H,28,29,30);1H/b10-9+;/t19-;/m0./s1. The first kappa shape index (κ1) is 25.7. The number of halogens is 1. The van der Waals surface area contributed by atoms with Gasteiger partial charge < -0.3 is 19.9 Å². The molecular weight excluding hydrogens is 480 g/mol. The summed E-state index contributed by atoms with van der Waals surface area (Å²) in [6.45, 7) is 3.73. The first-order valence-corrected chi connectivity index (χ1v) is 12.1. The fourth-order valence-electron chi connectivity index (χ4n) is 4.94. The van der Waals surface area contributed by atoms with E-state index in [-0.39, 0.29) is 18.3 Å². The van der Waals surface area contributed by atoms with Crippen LogP contribution in [0.3, 0.4) is 0 Å². The number of fused-ring (bicyclic) bond motifs is 1. The zero-order valence-electron chi connectivity index (χ0n) is 20.3. The fraction of sp³-hybridized carbons (Fsp3) is 0.385. The van der Waals surface area contributed by atoms with E-state index in [1.807, 2.05) is 29.3 Å². The summed E-state index contributed by atoms with van der Waals surface area (Å²) in [5.41, 5.74) is 4.31. The predicted octanol–water partition coefficient (Wildman–Crippen LogP) is 3.02. The van der Waals surface area contributed by atoms with Gasteiger partial charge in [0.1, 0.15) is 0 Å². The van der Waals surface area contributed by atoms with Gasteiger partial charge in [0.2, 0.25) is 5.91 Å². The van der Waals surface area contributed by atoms with Gasteiger partial charge in [0, 0.05) is 56.5 Å². The van der Waals surface area contributed by atoms with Crippen molar-refractivity contribution in [2.45, 2.75) is 25.3 Å². The zero-order valence-corrected chi connectivity index (χ0v) is 21.1. The van der Waals surface area contributed by atoms with Crippen molar-refractivity contribution < 1.29 is 14.3 Å². The maximum absolute atomic E-state index is 12.9. The Hall–Kier alpha value is -3.43. The van der Waals surface area contributed by atoms with E-state index in [4.69, 9.17) is 4.74 Å². The number of anilines is 1. The number of hydrogen-bond donors (Lipinski definition) is 2. The molecule has 1 aromatic carbocycles. The van der Waals surface area contributed by atoms with Crippen LogP contribution in [-0.2, 0) is 14.3 Å². The Balaban J connectivity index is 0.00000304. The summed E-state index contributed by atoms with van der Waals surface area (Å²) in [6.07, 6.45) is 7.69. The van der Waals surface area contributed by atoms with E-state index in [1.54, 1.807) is 6.08 Å².